The third-order valence-corrected chi connectivity index (χ3v) is 4.36. The minimum Gasteiger partial charge on any atom is -0.323 e. The molecule has 0 aliphatic carbocycles. The maximum atomic E-state index is 6.35. The van der Waals surface area contributed by atoms with Crippen LogP contribution in [0.15, 0.2) is 24.5 Å². The van der Waals surface area contributed by atoms with Crippen LogP contribution in [0.1, 0.15) is 11.3 Å². The molecule has 0 spiro atoms. The molecule has 21 heavy (non-hydrogen) atoms. The molecule has 1 aromatic carbocycles. The van der Waals surface area contributed by atoms with Gasteiger partial charge in [0.25, 0.3) is 5.78 Å². The summed E-state index contributed by atoms with van der Waals surface area (Å²) in [5.74, 6) is 1.53. The van der Waals surface area contributed by atoms with E-state index in [9.17, 15) is 0 Å². The van der Waals surface area contributed by atoms with Crippen molar-refractivity contribution in [3.05, 3.63) is 45.8 Å². The Kier molecular flexibility index (Phi) is 2.80. The Morgan fingerprint density at radius 2 is 1.95 bits per heavy atom. The molecule has 3 heterocycles. The Morgan fingerprint density at radius 3 is 2.71 bits per heavy atom. The van der Waals surface area contributed by atoms with Crippen LogP contribution in [0.3, 0.4) is 0 Å². The topological polar surface area (TPSA) is 46.3 Å². The van der Waals surface area contributed by atoms with Gasteiger partial charge in [-0.05, 0) is 25.5 Å². The number of hydrogen-bond acceptors (Lipinski definition) is 4. The fraction of sp³-hybridized carbons (Fsp3) is 0.214. The fourth-order valence-corrected chi connectivity index (χ4v) is 3.43. The quantitative estimate of drug-likeness (QED) is 0.689. The molecule has 3 aromatic rings. The van der Waals surface area contributed by atoms with E-state index in [0.717, 1.165) is 35.7 Å². The van der Waals surface area contributed by atoms with Gasteiger partial charge in [-0.25, -0.2) is 4.98 Å². The first-order valence-electron chi connectivity index (χ1n) is 6.57. The number of rotatable bonds is 1. The Bertz CT molecular complexity index is 838. The van der Waals surface area contributed by atoms with Crippen molar-refractivity contribution < 1.29 is 0 Å². The second kappa shape index (κ2) is 4.58. The SMILES string of the molecule is Cc1nc2ncnn2c2c1CCN2c1c(Cl)cccc1Cl. The molecule has 1 aliphatic rings. The molecule has 7 heteroatoms. The van der Waals surface area contributed by atoms with Crippen LogP contribution in [0.25, 0.3) is 5.78 Å². The zero-order valence-corrected chi connectivity index (χ0v) is 12.7. The summed E-state index contributed by atoms with van der Waals surface area (Å²) in [6.45, 7) is 2.78. The molecule has 0 N–H and O–H groups in total. The van der Waals surface area contributed by atoms with Gasteiger partial charge < -0.3 is 4.90 Å². The Morgan fingerprint density at radius 1 is 1.19 bits per heavy atom. The highest BCUT2D eigenvalue weighted by Crippen LogP contribution is 2.42. The van der Waals surface area contributed by atoms with Crippen molar-refractivity contribution in [3.8, 4) is 0 Å². The van der Waals surface area contributed by atoms with E-state index >= 15 is 0 Å². The third kappa shape index (κ3) is 1.81. The van der Waals surface area contributed by atoms with Crippen molar-refractivity contribution in [2.75, 3.05) is 11.4 Å². The highest BCUT2D eigenvalue weighted by atomic mass is 35.5. The van der Waals surface area contributed by atoms with Gasteiger partial charge in [-0.2, -0.15) is 14.6 Å². The van der Waals surface area contributed by atoms with Crippen molar-refractivity contribution in [1.29, 1.82) is 0 Å². The van der Waals surface area contributed by atoms with Crippen molar-refractivity contribution >= 4 is 40.5 Å². The number of halogens is 2. The van der Waals surface area contributed by atoms with Crippen LogP contribution < -0.4 is 4.90 Å². The summed E-state index contributed by atoms with van der Waals surface area (Å²) >= 11 is 12.7. The monoisotopic (exact) mass is 319 g/mol. The van der Waals surface area contributed by atoms with Crippen molar-refractivity contribution in [3.63, 3.8) is 0 Å². The van der Waals surface area contributed by atoms with Crippen molar-refractivity contribution in [2.24, 2.45) is 0 Å². The van der Waals surface area contributed by atoms with Crippen LogP contribution in [0, 0.1) is 6.92 Å². The van der Waals surface area contributed by atoms with Gasteiger partial charge in [0.05, 0.1) is 15.7 Å². The molecule has 0 saturated carbocycles. The average molecular weight is 320 g/mol. The lowest BCUT2D eigenvalue weighted by Crippen LogP contribution is -2.17. The highest BCUT2D eigenvalue weighted by molar-refractivity contribution is 6.39. The van der Waals surface area contributed by atoms with Gasteiger partial charge in [0.1, 0.15) is 12.1 Å². The number of fused-ring (bicyclic) bond motifs is 3. The minimum absolute atomic E-state index is 0.585. The van der Waals surface area contributed by atoms with Gasteiger partial charge in [-0.1, -0.05) is 29.3 Å². The maximum Gasteiger partial charge on any atom is 0.254 e. The zero-order valence-electron chi connectivity index (χ0n) is 11.2. The number of hydrogen-bond donors (Lipinski definition) is 0. The number of anilines is 2. The fourth-order valence-electron chi connectivity index (χ4n) is 2.83. The van der Waals surface area contributed by atoms with Crippen LogP contribution in [0.2, 0.25) is 10.0 Å². The summed E-state index contributed by atoms with van der Waals surface area (Å²) in [5, 5.41) is 5.53. The molecule has 106 valence electrons. The summed E-state index contributed by atoms with van der Waals surface area (Å²) < 4.78 is 1.75. The zero-order chi connectivity index (χ0) is 14.6. The molecule has 1 aliphatic heterocycles. The van der Waals surface area contributed by atoms with Crippen LogP contribution >= 0.6 is 23.2 Å². The van der Waals surface area contributed by atoms with Gasteiger partial charge in [-0.15, -0.1) is 0 Å². The first kappa shape index (κ1) is 12.9. The van der Waals surface area contributed by atoms with Gasteiger partial charge in [0.2, 0.25) is 0 Å². The summed E-state index contributed by atoms with van der Waals surface area (Å²) in [7, 11) is 0. The van der Waals surface area contributed by atoms with Gasteiger partial charge in [0, 0.05) is 17.8 Å². The predicted octanol–water partition coefficient (Wildman–Crippen LogP) is 3.43. The normalized spacial score (nSPS) is 14.0. The molecule has 0 bridgehead atoms. The first-order chi connectivity index (χ1) is 10.2. The molecule has 0 unspecified atom stereocenters. The summed E-state index contributed by atoms with van der Waals surface area (Å²) in [4.78, 5) is 10.7. The number of para-hydroxylation sites is 1. The molecule has 0 fully saturated rings. The lowest BCUT2D eigenvalue weighted by Gasteiger charge is -2.22. The van der Waals surface area contributed by atoms with E-state index in [1.165, 1.54) is 6.33 Å². The Hall–Kier alpha value is -1.85. The molecule has 4 rings (SSSR count). The molecular weight excluding hydrogens is 309 g/mol. The van der Waals surface area contributed by atoms with Crippen LogP contribution in [-0.2, 0) is 6.42 Å². The van der Waals surface area contributed by atoms with E-state index < -0.39 is 0 Å². The summed E-state index contributed by atoms with van der Waals surface area (Å²) in [6.07, 6.45) is 2.39. The van der Waals surface area contributed by atoms with Gasteiger partial charge >= 0.3 is 0 Å². The molecule has 0 atom stereocenters. The minimum atomic E-state index is 0.585. The van der Waals surface area contributed by atoms with Gasteiger partial charge in [-0.3, -0.25) is 0 Å². The lowest BCUT2D eigenvalue weighted by atomic mass is 10.2. The van der Waals surface area contributed by atoms with E-state index in [4.69, 9.17) is 23.2 Å². The van der Waals surface area contributed by atoms with E-state index in [0.29, 0.717) is 15.8 Å². The first-order valence-corrected chi connectivity index (χ1v) is 7.33. The van der Waals surface area contributed by atoms with Crippen molar-refractivity contribution in [2.45, 2.75) is 13.3 Å². The second-order valence-corrected chi connectivity index (χ2v) is 5.76. The smallest absolute Gasteiger partial charge is 0.254 e. The van der Waals surface area contributed by atoms with Crippen LogP contribution in [0.4, 0.5) is 11.5 Å². The third-order valence-electron chi connectivity index (χ3n) is 3.75. The largest absolute Gasteiger partial charge is 0.323 e. The highest BCUT2D eigenvalue weighted by Gasteiger charge is 2.29. The standard InChI is InChI=1S/C14H11Cl2N5/c1-8-9-5-6-20(12-10(15)3-2-4-11(12)16)13(9)21-14(19-8)17-7-18-21/h2-4,7H,5-6H2,1H3. The number of benzene rings is 1. The average Bonchev–Trinajstić information content (AvgIpc) is 3.05. The van der Waals surface area contributed by atoms with E-state index in [1.54, 1.807) is 4.52 Å². The van der Waals surface area contributed by atoms with Gasteiger partial charge in [0.15, 0.2) is 0 Å². The van der Waals surface area contributed by atoms with E-state index in [-0.39, 0.29) is 0 Å². The second-order valence-electron chi connectivity index (χ2n) is 4.94. The Balaban J connectivity index is 2.02. The van der Waals surface area contributed by atoms with Crippen LogP contribution in [0.5, 0.6) is 0 Å². The number of nitrogens with zero attached hydrogens (tertiary/aromatic N) is 5. The Labute approximate surface area is 131 Å². The predicted molar refractivity (Wildman–Crippen MR) is 82.7 cm³/mol. The van der Waals surface area contributed by atoms with E-state index in [2.05, 4.69) is 20.0 Å². The lowest BCUT2D eigenvalue weighted by molar-refractivity contribution is 0.905. The summed E-state index contributed by atoms with van der Waals surface area (Å²) in [6, 6.07) is 5.52. The summed E-state index contributed by atoms with van der Waals surface area (Å²) in [5.41, 5.74) is 2.93. The molecule has 0 amide bonds. The molecule has 5 nitrogen and oxygen atoms in total. The number of aryl methyl sites for hydroxylation is 1. The molecular formula is C14H11Cl2N5. The molecule has 0 saturated heterocycles. The van der Waals surface area contributed by atoms with Crippen LogP contribution in [-0.4, -0.2) is 26.1 Å². The molecule has 2 aromatic heterocycles. The molecule has 0 radical (unpaired) electrons. The van der Waals surface area contributed by atoms with Crippen molar-refractivity contribution in [1.82, 2.24) is 19.6 Å². The maximum absolute atomic E-state index is 6.35. The van der Waals surface area contributed by atoms with E-state index in [1.807, 2.05) is 25.1 Å². The number of aromatic nitrogens is 4.